The van der Waals surface area contributed by atoms with Gasteiger partial charge in [0.15, 0.2) is 0 Å². The highest BCUT2D eigenvalue weighted by Gasteiger charge is 2.60. The van der Waals surface area contributed by atoms with E-state index >= 15 is 0 Å². The fraction of sp³-hybridized carbons (Fsp3) is 0.619. The summed E-state index contributed by atoms with van der Waals surface area (Å²) in [6, 6.07) is 5.95. The highest BCUT2D eigenvalue weighted by molar-refractivity contribution is 9.09. The van der Waals surface area contributed by atoms with Gasteiger partial charge < -0.3 is 9.47 Å². The molecule has 2 heterocycles. The van der Waals surface area contributed by atoms with Gasteiger partial charge in [-0.1, -0.05) is 33.6 Å². The average Bonchev–Trinajstić information content (AvgIpc) is 2.95. The number of ether oxygens (including phenoxy) is 2. The van der Waals surface area contributed by atoms with E-state index in [0.29, 0.717) is 13.0 Å². The summed E-state index contributed by atoms with van der Waals surface area (Å²) in [6.07, 6.45) is -0.780. The van der Waals surface area contributed by atoms with Crippen LogP contribution >= 0.6 is 15.9 Å². The number of amides is 2. The molecule has 2 aliphatic heterocycles. The lowest BCUT2D eigenvalue weighted by atomic mass is 9.97. The van der Waals surface area contributed by atoms with E-state index in [0.717, 1.165) is 16.8 Å². The van der Waals surface area contributed by atoms with Gasteiger partial charge >= 0.3 is 12.2 Å². The number of likely N-dealkylation sites (tertiary alicyclic amines) is 1. The molecule has 3 rings (SSSR count). The Morgan fingerprint density at radius 2 is 1.64 bits per heavy atom. The van der Waals surface area contributed by atoms with E-state index in [4.69, 9.17) is 9.47 Å². The maximum absolute atomic E-state index is 13.2. The number of anilines is 1. The molecule has 0 spiro atoms. The molecule has 0 radical (unpaired) electrons. The summed E-state index contributed by atoms with van der Waals surface area (Å²) in [7, 11) is 0. The summed E-state index contributed by atoms with van der Waals surface area (Å²) in [5.74, 6) is 0. The predicted molar refractivity (Wildman–Crippen MR) is 112 cm³/mol. The molecule has 2 amide bonds. The van der Waals surface area contributed by atoms with Gasteiger partial charge in [0, 0.05) is 6.54 Å². The quantitative estimate of drug-likeness (QED) is 0.500. The Labute approximate surface area is 175 Å². The minimum absolute atomic E-state index is 0.433. The molecule has 1 fully saturated rings. The van der Waals surface area contributed by atoms with Crippen molar-refractivity contribution < 1.29 is 19.1 Å². The number of alkyl halides is 1. The smallest absolute Gasteiger partial charge is 0.416 e. The summed E-state index contributed by atoms with van der Waals surface area (Å²) < 4.78 is 10.7. The molecule has 2 atom stereocenters. The molecule has 0 aromatic heterocycles. The zero-order valence-electron chi connectivity index (χ0n) is 17.6. The molecule has 28 heavy (non-hydrogen) atoms. The van der Waals surface area contributed by atoms with Gasteiger partial charge in [-0.05, 0) is 66.5 Å². The van der Waals surface area contributed by atoms with Gasteiger partial charge in [0.1, 0.15) is 17.4 Å². The maximum atomic E-state index is 13.2. The first-order chi connectivity index (χ1) is 12.7. The van der Waals surface area contributed by atoms with Crippen LogP contribution in [0.4, 0.5) is 15.3 Å². The second-order valence-corrected chi connectivity index (χ2v) is 10.9. The van der Waals surface area contributed by atoms with Crippen molar-refractivity contribution >= 4 is 33.8 Å². The first kappa shape index (κ1) is 21.0. The van der Waals surface area contributed by atoms with Gasteiger partial charge in [-0.2, -0.15) is 0 Å². The highest BCUT2D eigenvalue weighted by Crippen LogP contribution is 2.56. The number of hydrogen-bond acceptors (Lipinski definition) is 4. The number of aryl methyl sites for hydroxylation is 1. The third-order valence-electron chi connectivity index (χ3n) is 4.74. The number of nitrogens with zero attached hydrogens (tertiary/aromatic N) is 2. The summed E-state index contributed by atoms with van der Waals surface area (Å²) in [6.45, 7) is 13.5. The third-order valence-corrected chi connectivity index (χ3v) is 5.98. The molecular weight excluding hydrogens is 424 g/mol. The van der Waals surface area contributed by atoms with Crippen LogP contribution in [0.15, 0.2) is 18.2 Å². The van der Waals surface area contributed by atoms with Crippen molar-refractivity contribution in [2.75, 3.05) is 11.4 Å². The molecule has 6 nitrogen and oxygen atoms in total. The van der Waals surface area contributed by atoms with Crippen LogP contribution in [-0.4, -0.2) is 41.0 Å². The Balaban J connectivity index is 2.05. The van der Waals surface area contributed by atoms with Crippen LogP contribution in [0.2, 0.25) is 0 Å². The summed E-state index contributed by atoms with van der Waals surface area (Å²) in [5.41, 5.74) is 1.59. The largest absolute Gasteiger partial charge is 0.444 e. The van der Waals surface area contributed by atoms with Gasteiger partial charge in [-0.15, -0.1) is 0 Å². The Morgan fingerprint density at radius 3 is 2.21 bits per heavy atom. The zero-order valence-corrected chi connectivity index (χ0v) is 19.2. The first-order valence-corrected chi connectivity index (χ1v) is 10.3. The van der Waals surface area contributed by atoms with E-state index in [-0.39, 0.29) is 0 Å². The third kappa shape index (κ3) is 3.73. The molecule has 154 valence electrons. The molecular formula is C21H29BrN2O4. The minimum atomic E-state index is -0.644. The first-order valence-electron chi connectivity index (χ1n) is 9.55. The van der Waals surface area contributed by atoms with Gasteiger partial charge in [0.05, 0.1) is 10.0 Å². The van der Waals surface area contributed by atoms with E-state index < -0.39 is 33.9 Å². The van der Waals surface area contributed by atoms with Crippen LogP contribution in [0.5, 0.6) is 0 Å². The standard InChI is InChI=1S/C21H29BrN2O4/c1-13-8-9-15-14(12-13)21(22)10-11-23(17(25)27-19(2,3)4)16(21)24(15)18(26)28-20(5,6)7/h8-9,12,16H,10-11H2,1-7H3/t16-,21-/m1/s1. The zero-order chi connectivity index (χ0) is 21.1. The Hall–Kier alpha value is -1.76. The van der Waals surface area contributed by atoms with Crippen LogP contribution in [-0.2, 0) is 13.8 Å². The Morgan fingerprint density at radius 1 is 1.07 bits per heavy atom. The molecule has 2 aliphatic rings. The number of carbonyl (C=O) groups excluding carboxylic acids is 2. The number of carbonyl (C=O) groups is 2. The Kier molecular flexibility index (Phi) is 4.97. The topological polar surface area (TPSA) is 59.1 Å². The lowest BCUT2D eigenvalue weighted by Crippen LogP contribution is -2.54. The van der Waals surface area contributed by atoms with Crippen LogP contribution in [0, 0.1) is 6.92 Å². The van der Waals surface area contributed by atoms with Gasteiger partial charge in [0.25, 0.3) is 0 Å². The Bertz CT molecular complexity index is 812. The van der Waals surface area contributed by atoms with E-state index in [2.05, 4.69) is 22.0 Å². The summed E-state index contributed by atoms with van der Waals surface area (Å²) in [4.78, 5) is 29.3. The van der Waals surface area contributed by atoms with Gasteiger partial charge in [-0.3, -0.25) is 9.80 Å². The fourth-order valence-electron chi connectivity index (χ4n) is 3.74. The maximum Gasteiger partial charge on any atom is 0.416 e. The lowest BCUT2D eigenvalue weighted by Gasteiger charge is -2.36. The normalized spacial score (nSPS) is 24.1. The van der Waals surface area contributed by atoms with Crippen molar-refractivity contribution in [1.82, 2.24) is 4.90 Å². The molecule has 0 bridgehead atoms. The van der Waals surface area contributed by atoms with Gasteiger partial charge in [0.2, 0.25) is 0 Å². The average molecular weight is 453 g/mol. The van der Waals surface area contributed by atoms with Crippen molar-refractivity contribution in [3.05, 3.63) is 29.3 Å². The molecule has 7 heteroatoms. The van der Waals surface area contributed by atoms with Crippen molar-refractivity contribution in [1.29, 1.82) is 0 Å². The second kappa shape index (κ2) is 6.65. The number of halogens is 1. The van der Waals surface area contributed by atoms with Crippen molar-refractivity contribution in [2.45, 2.75) is 76.6 Å². The van der Waals surface area contributed by atoms with Crippen LogP contribution in [0.25, 0.3) is 0 Å². The van der Waals surface area contributed by atoms with Crippen LogP contribution < -0.4 is 4.90 Å². The van der Waals surface area contributed by atoms with E-state index in [1.54, 1.807) is 9.80 Å². The highest BCUT2D eigenvalue weighted by atomic mass is 79.9. The molecule has 0 saturated carbocycles. The molecule has 1 aromatic rings. The number of benzene rings is 1. The van der Waals surface area contributed by atoms with Crippen molar-refractivity contribution in [2.24, 2.45) is 0 Å². The van der Waals surface area contributed by atoms with Crippen LogP contribution in [0.3, 0.4) is 0 Å². The van der Waals surface area contributed by atoms with E-state index in [9.17, 15) is 9.59 Å². The van der Waals surface area contributed by atoms with E-state index in [1.807, 2.05) is 60.6 Å². The molecule has 0 aliphatic carbocycles. The molecule has 0 unspecified atom stereocenters. The second-order valence-electron chi connectivity index (χ2n) is 9.53. The number of rotatable bonds is 0. The molecule has 1 saturated heterocycles. The van der Waals surface area contributed by atoms with E-state index in [1.165, 1.54) is 0 Å². The van der Waals surface area contributed by atoms with Crippen molar-refractivity contribution in [3.63, 3.8) is 0 Å². The van der Waals surface area contributed by atoms with Crippen LogP contribution in [0.1, 0.15) is 59.1 Å². The molecule has 0 N–H and O–H groups in total. The molecule has 1 aromatic carbocycles. The predicted octanol–water partition coefficient (Wildman–Crippen LogP) is 5.31. The SMILES string of the molecule is Cc1ccc2c(c1)[C@]1(Br)CCN(C(=O)OC(C)(C)C)[C@@H]1N2C(=O)OC(C)(C)C. The van der Waals surface area contributed by atoms with Gasteiger partial charge in [-0.25, -0.2) is 9.59 Å². The monoisotopic (exact) mass is 452 g/mol. The number of hydrogen-bond donors (Lipinski definition) is 0. The fourth-order valence-corrected chi connectivity index (χ4v) is 4.69. The number of fused-ring (bicyclic) bond motifs is 3. The van der Waals surface area contributed by atoms with Crippen molar-refractivity contribution in [3.8, 4) is 0 Å². The summed E-state index contributed by atoms with van der Waals surface area (Å²) >= 11 is 3.88. The lowest BCUT2D eigenvalue weighted by molar-refractivity contribution is 0.0197. The minimum Gasteiger partial charge on any atom is -0.444 e. The summed E-state index contributed by atoms with van der Waals surface area (Å²) in [5, 5.41) is 0.